The minimum atomic E-state index is -0.345. The van der Waals surface area contributed by atoms with Crippen LogP contribution in [0, 0.1) is 0 Å². The molecule has 2 atom stereocenters. The van der Waals surface area contributed by atoms with Gasteiger partial charge in [0.1, 0.15) is 11.8 Å². The fourth-order valence-corrected chi connectivity index (χ4v) is 5.26. The van der Waals surface area contributed by atoms with Crippen molar-refractivity contribution in [3.05, 3.63) is 76.0 Å². The number of aliphatic imine (C=N–C) groups is 2. The molecule has 2 unspecified atom stereocenters. The van der Waals surface area contributed by atoms with E-state index in [0.29, 0.717) is 23.0 Å². The average molecular weight is 505 g/mol. The maximum Gasteiger partial charge on any atom is 0.272 e. The molecule has 1 N–H and O–H groups in total. The maximum absolute atomic E-state index is 13.5. The number of methoxy groups -OCH3 is 1. The van der Waals surface area contributed by atoms with Gasteiger partial charge in [0.25, 0.3) is 5.91 Å². The highest BCUT2D eigenvalue weighted by atomic mass is 35.5. The first kappa shape index (κ1) is 24.3. The van der Waals surface area contributed by atoms with E-state index in [0.717, 1.165) is 42.5 Å². The molecule has 2 amide bonds. The summed E-state index contributed by atoms with van der Waals surface area (Å²) in [6, 6.07) is 6.80. The van der Waals surface area contributed by atoms with Gasteiger partial charge in [-0.05, 0) is 67.2 Å². The van der Waals surface area contributed by atoms with Gasteiger partial charge in [0.05, 0.1) is 19.6 Å². The van der Waals surface area contributed by atoms with E-state index in [4.69, 9.17) is 21.3 Å². The van der Waals surface area contributed by atoms with Crippen molar-refractivity contribution in [3.63, 3.8) is 0 Å². The number of amides is 2. The van der Waals surface area contributed by atoms with Gasteiger partial charge < -0.3 is 15.0 Å². The Morgan fingerprint density at radius 3 is 2.75 bits per heavy atom. The first-order chi connectivity index (χ1) is 17.4. The number of rotatable bonds is 2. The largest absolute Gasteiger partial charge is 0.481 e. The molecule has 5 rings (SSSR count). The van der Waals surface area contributed by atoms with Crippen LogP contribution in [0.3, 0.4) is 0 Å². The third-order valence-electron chi connectivity index (χ3n) is 7.04. The van der Waals surface area contributed by atoms with Gasteiger partial charge in [-0.15, -0.1) is 0 Å². The second-order valence-corrected chi connectivity index (χ2v) is 9.85. The number of carbonyl (C=O) groups excluding carboxylic acids is 2. The molecule has 3 heterocycles. The van der Waals surface area contributed by atoms with E-state index in [1.807, 2.05) is 12.2 Å². The van der Waals surface area contributed by atoms with Crippen LogP contribution < -0.4 is 10.2 Å². The molecule has 0 aromatic heterocycles. The fraction of sp³-hybridized carbons (Fsp3) is 0.357. The SMILES string of the molecule is COC1=NC2C3=C(CCC4=CC(=CCC4)C/C(C(=O)N(C)c4ccc(Cl)cc4)=N/C(=O)C3)NC2C=C1. The molecule has 0 saturated carbocycles. The molecule has 4 aliphatic rings. The van der Waals surface area contributed by atoms with Crippen molar-refractivity contribution in [2.45, 2.75) is 50.6 Å². The summed E-state index contributed by atoms with van der Waals surface area (Å²) in [4.78, 5) is 37.4. The van der Waals surface area contributed by atoms with Crippen LogP contribution in [-0.4, -0.2) is 49.7 Å². The molecule has 8 heteroatoms. The highest BCUT2D eigenvalue weighted by Crippen LogP contribution is 2.34. The summed E-state index contributed by atoms with van der Waals surface area (Å²) in [6.45, 7) is 0. The van der Waals surface area contributed by atoms with Crippen molar-refractivity contribution in [2.75, 3.05) is 19.1 Å². The second kappa shape index (κ2) is 10.3. The number of allylic oxidation sites excluding steroid dienone is 5. The molecule has 0 spiro atoms. The quantitative estimate of drug-likeness (QED) is 0.632. The number of nitrogens with zero attached hydrogens (tertiary/aromatic N) is 3. The summed E-state index contributed by atoms with van der Waals surface area (Å²) < 4.78 is 5.35. The van der Waals surface area contributed by atoms with Crippen molar-refractivity contribution in [3.8, 4) is 0 Å². The third kappa shape index (κ3) is 5.07. The Labute approximate surface area is 216 Å². The number of halogens is 1. The summed E-state index contributed by atoms with van der Waals surface area (Å²) >= 11 is 6.02. The van der Waals surface area contributed by atoms with Crippen LogP contribution in [0.1, 0.15) is 38.5 Å². The van der Waals surface area contributed by atoms with E-state index < -0.39 is 0 Å². The molecule has 1 aliphatic carbocycles. The molecule has 3 aliphatic heterocycles. The molecule has 0 saturated heterocycles. The summed E-state index contributed by atoms with van der Waals surface area (Å²) in [5.41, 5.74) is 5.26. The van der Waals surface area contributed by atoms with E-state index in [2.05, 4.69) is 22.5 Å². The van der Waals surface area contributed by atoms with Gasteiger partial charge in [-0.3, -0.25) is 9.59 Å². The summed E-state index contributed by atoms with van der Waals surface area (Å²) in [6.07, 6.45) is 12.2. The number of hydrogen-bond donors (Lipinski definition) is 1. The number of nitrogens with one attached hydrogen (secondary N) is 1. The van der Waals surface area contributed by atoms with E-state index >= 15 is 0 Å². The lowest BCUT2D eigenvalue weighted by molar-refractivity contribution is -0.118. The highest BCUT2D eigenvalue weighted by Gasteiger charge is 2.36. The molecule has 2 bridgehead atoms. The number of benzene rings is 1. The van der Waals surface area contributed by atoms with Crippen LogP contribution in [0.15, 0.2) is 81.0 Å². The van der Waals surface area contributed by atoms with Gasteiger partial charge in [-0.1, -0.05) is 35.4 Å². The van der Waals surface area contributed by atoms with Gasteiger partial charge in [0, 0.05) is 29.9 Å². The number of carbonyl (C=O) groups is 2. The van der Waals surface area contributed by atoms with Gasteiger partial charge in [-0.25, -0.2) is 9.98 Å². The Kier molecular flexibility index (Phi) is 6.92. The lowest BCUT2D eigenvalue weighted by Crippen LogP contribution is -2.34. The zero-order valence-corrected chi connectivity index (χ0v) is 21.2. The molecule has 0 radical (unpaired) electrons. The molecule has 7 nitrogen and oxygen atoms in total. The Morgan fingerprint density at radius 1 is 1.17 bits per heavy atom. The van der Waals surface area contributed by atoms with Crippen molar-refractivity contribution >= 4 is 40.7 Å². The Hall–Kier alpha value is -3.45. The molecule has 186 valence electrons. The van der Waals surface area contributed by atoms with Gasteiger partial charge in [0.2, 0.25) is 11.8 Å². The predicted molar refractivity (Wildman–Crippen MR) is 142 cm³/mol. The van der Waals surface area contributed by atoms with E-state index in [1.165, 1.54) is 10.5 Å². The standard InChI is InChI=1S/C28H29ClN4O3/c1-33(20-9-7-19(29)8-10-20)28(35)24-15-18-5-3-4-17(14-18)6-11-22-21(16-25(34)31-24)27-23(30-22)12-13-26(32-27)36-2/h5,7-10,12-14,23,27,30H,3-4,6,11,15-16H2,1-2H3/b31-24-. The smallest absolute Gasteiger partial charge is 0.272 e. The van der Waals surface area contributed by atoms with Crippen LogP contribution in [0.4, 0.5) is 5.69 Å². The lowest BCUT2D eigenvalue weighted by atomic mass is 9.91. The Bertz CT molecular complexity index is 1270. The van der Waals surface area contributed by atoms with Gasteiger partial charge in [-0.2, -0.15) is 0 Å². The number of dihydropyridines is 1. The molecular weight excluding hydrogens is 476 g/mol. The first-order valence-electron chi connectivity index (χ1n) is 12.2. The summed E-state index contributed by atoms with van der Waals surface area (Å²) in [5, 5.41) is 4.16. The number of fused-ring (bicyclic) bond motifs is 3. The van der Waals surface area contributed by atoms with Crippen molar-refractivity contribution < 1.29 is 14.3 Å². The van der Waals surface area contributed by atoms with Crippen molar-refractivity contribution in [1.82, 2.24) is 5.32 Å². The number of ether oxygens (including phenoxy) is 1. The zero-order valence-electron chi connectivity index (χ0n) is 20.5. The van der Waals surface area contributed by atoms with Crippen LogP contribution in [0.5, 0.6) is 0 Å². The van der Waals surface area contributed by atoms with Crippen LogP contribution >= 0.6 is 11.6 Å². The third-order valence-corrected chi connectivity index (χ3v) is 7.30. The number of anilines is 1. The monoisotopic (exact) mass is 504 g/mol. The van der Waals surface area contributed by atoms with Crippen LogP contribution in [0.25, 0.3) is 0 Å². The average Bonchev–Trinajstić information content (AvgIpc) is 3.22. The predicted octanol–water partition coefficient (Wildman–Crippen LogP) is 4.70. The molecule has 0 fully saturated rings. The van der Waals surface area contributed by atoms with Crippen molar-refractivity contribution in [2.24, 2.45) is 9.98 Å². The normalized spacial score (nSPS) is 25.0. The van der Waals surface area contributed by atoms with Gasteiger partial charge >= 0.3 is 0 Å². The summed E-state index contributed by atoms with van der Waals surface area (Å²) in [5.74, 6) is -0.108. The molecule has 1 aromatic rings. The zero-order chi connectivity index (χ0) is 25.2. The fourth-order valence-electron chi connectivity index (χ4n) is 5.14. The minimum Gasteiger partial charge on any atom is -0.481 e. The Morgan fingerprint density at radius 2 is 1.97 bits per heavy atom. The highest BCUT2D eigenvalue weighted by molar-refractivity contribution is 6.45. The molecular formula is C28H29ClN4O3. The van der Waals surface area contributed by atoms with Crippen molar-refractivity contribution in [1.29, 1.82) is 0 Å². The van der Waals surface area contributed by atoms with E-state index in [9.17, 15) is 9.59 Å². The topological polar surface area (TPSA) is 83.4 Å². The second-order valence-electron chi connectivity index (χ2n) is 9.42. The number of hydrogen-bond acceptors (Lipinski definition) is 5. The molecule has 1 aromatic carbocycles. The van der Waals surface area contributed by atoms with Crippen LogP contribution in [0.2, 0.25) is 5.02 Å². The first-order valence-corrected chi connectivity index (χ1v) is 12.6. The summed E-state index contributed by atoms with van der Waals surface area (Å²) in [7, 11) is 3.28. The van der Waals surface area contributed by atoms with Crippen LogP contribution in [-0.2, 0) is 14.3 Å². The van der Waals surface area contributed by atoms with E-state index in [-0.39, 0.29) is 36.0 Å². The maximum atomic E-state index is 13.5. The molecule has 36 heavy (non-hydrogen) atoms. The lowest BCUT2D eigenvalue weighted by Gasteiger charge is -2.21. The van der Waals surface area contributed by atoms with E-state index in [1.54, 1.807) is 38.4 Å². The minimum absolute atomic E-state index is 0.0104. The Balaban J connectivity index is 1.49. The van der Waals surface area contributed by atoms with Gasteiger partial charge in [0.15, 0.2) is 0 Å².